The Kier molecular flexibility index (Phi) is 6.25. The van der Waals surface area contributed by atoms with E-state index < -0.39 is 22.6 Å². The maximum atomic E-state index is 13.7. The summed E-state index contributed by atoms with van der Waals surface area (Å²) < 4.78 is 4.56. The van der Waals surface area contributed by atoms with Gasteiger partial charge in [0.05, 0.1) is 16.6 Å². The molecular weight excluding hydrogens is 404 g/mol. The van der Waals surface area contributed by atoms with Gasteiger partial charge < -0.3 is 19.6 Å². The molecule has 30 heavy (non-hydrogen) atoms. The summed E-state index contributed by atoms with van der Waals surface area (Å²) in [6.45, 7) is 3.79. The second-order valence-corrected chi connectivity index (χ2v) is 9.89. The zero-order chi connectivity index (χ0) is 21.3. The molecule has 8 heteroatoms. The van der Waals surface area contributed by atoms with Gasteiger partial charge in [-0.3, -0.25) is 14.4 Å². The Hall–Kier alpha value is -1.80. The van der Waals surface area contributed by atoms with Crippen molar-refractivity contribution >= 4 is 29.5 Å². The van der Waals surface area contributed by atoms with Gasteiger partial charge in [0.25, 0.3) is 0 Å². The molecule has 4 aliphatic rings. The van der Waals surface area contributed by atoms with E-state index in [0.29, 0.717) is 26.1 Å². The van der Waals surface area contributed by atoms with Crippen molar-refractivity contribution in [1.82, 2.24) is 9.80 Å². The van der Waals surface area contributed by atoms with Gasteiger partial charge in [-0.1, -0.05) is 44.1 Å². The highest BCUT2D eigenvalue weighted by Crippen LogP contribution is 2.60. The van der Waals surface area contributed by atoms with Crippen LogP contribution >= 0.6 is 11.8 Å². The van der Waals surface area contributed by atoms with Crippen LogP contribution in [0.1, 0.15) is 32.6 Å². The minimum Gasteiger partial charge on any atom is -0.461 e. The Balaban J connectivity index is 1.73. The topological polar surface area (TPSA) is 87.2 Å². The number of cyclic esters (lactones) is 1. The van der Waals surface area contributed by atoms with Crippen molar-refractivity contribution in [2.75, 3.05) is 32.8 Å². The molecule has 0 aliphatic carbocycles. The van der Waals surface area contributed by atoms with Gasteiger partial charge in [0.1, 0.15) is 12.6 Å². The Morgan fingerprint density at radius 3 is 2.77 bits per heavy atom. The molecule has 2 amide bonds. The maximum Gasteiger partial charge on any atom is 0.311 e. The average Bonchev–Trinajstić information content (AvgIpc) is 3.03. The lowest BCUT2D eigenvalue weighted by Crippen LogP contribution is -2.53. The van der Waals surface area contributed by atoms with Gasteiger partial charge in [-0.05, 0) is 12.8 Å². The van der Waals surface area contributed by atoms with E-state index in [1.165, 1.54) is 0 Å². The fourth-order valence-electron chi connectivity index (χ4n) is 5.25. The molecule has 1 spiro atoms. The highest BCUT2D eigenvalue weighted by Gasteiger charge is 2.70. The van der Waals surface area contributed by atoms with Crippen LogP contribution in [-0.4, -0.2) is 81.6 Å². The summed E-state index contributed by atoms with van der Waals surface area (Å²) in [7, 11) is 0. The lowest BCUT2D eigenvalue weighted by atomic mass is 9.78. The van der Waals surface area contributed by atoms with E-state index in [1.54, 1.807) is 16.7 Å². The highest BCUT2D eigenvalue weighted by atomic mass is 32.2. The number of thioether (sulfide) groups is 1. The largest absolute Gasteiger partial charge is 0.461 e. The average molecular weight is 435 g/mol. The fourth-order valence-corrected chi connectivity index (χ4v) is 7.25. The third-order valence-corrected chi connectivity index (χ3v) is 8.33. The van der Waals surface area contributed by atoms with Crippen LogP contribution in [0.4, 0.5) is 0 Å². The number of fused-ring (bicyclic) bond motifs is 2. The van der Waals surface area contributed by atoms with Crippen molar-refractivity contribution < 1.29 is 24.2 Å². The maximum absolute atomic E-state index is 13.7. The molecular formula is C22H30N2O5S. The SMILES string of the molecule is CCCCCN1CC=C[C@]23S[C@H]4C=CCOC(=O)[C@H]4[C@H]2C(=O)N(CCCO)C3C1=O. The number of likely N-dealkylation sites (tertiary alicyclic amines) is 1. The smallest absolute Gasteiger partial charge is 0.311 e. The number of unbranched alkanes of at least 4 members (excludes halogenated alkanes) is 2. The molecule has 0 aromatic rings. The number of amides is 2. The number of ether oxygens (including phenoxy) is 1. The second-order valence-electron chi connectivity index (χ2n) is 8.40. The van der Waals surface area contributed by atoms with Crippen LogP contribution in [0.5, 0.6) is 0 Å². The van der Waals surface area contributed by atoms with Crippen LogP contribution in [0.2, 0.25) is 0 Å². The Labute approximate surface area is 181 Å². The van der Waals surface area contributed by atoms with Crippen molar-refractivity contribution in [2.24, 2.45) is 11.8 Å². The first-order chi connectivity index (χ1) is 14.5. The molecule has 0 aromatic carbocycles. The Morgan fingerprint density at radius 1 is 1.17 bits per heavy atom. The van der Waals surface area contributed by atoms with Gasteiger partial charge in [0.15, 0.2) is 0 Å². The van der Waals surface area contributed by atoms with Gasteiger partial charge in [-0.2, -0.15) is 0 Å². The van der Waals surface area contributed by atoms with E-state index in [0.717, 1.165) is 19.3 Å². The third-order valence-electron chi connectivity index (χ3n) is 6.59. The van der Waals surface area contributed by atoms with Crippen molar-refractivity contribution in [3.8, 4) is 0 Å². The molecule has 0 saturated carbocycles. The van der Waals surface area contributed by atoms with Crippen molar-refractivity contribution in [2.45, 2.75) is 48.6 Å². The zero-order valence-corrected chi connectivity index (χ0v) is 18.2. The number of hydrogen-bond donors (Lipinski definition) is 1. The van der Waals surface area contributed by atoms with Crippen LogP contribution in [0.15, 0.2) is 24.3 Å². The molecule has 0 radical (unpaired) electrons. The molecule has 0 aromatic heterocycles. The quantitative estimate of drug-likeness (QED) is 0.370. The molecule has 4 aliphatic heterocycles. The van der Waals surface area contributed by atoms with E-state index in [-0.39, 0.29) is 36.2 Å². The monoisotopic (exact) mass is 434 g/mol. The fraction of sp³-hybridized carbons (Fsp3) is 0.682. The van der Waals surface area contributed by atoms with Gasteiger partial charge in [-0.25, -0.2) is 0 Å². The van der Waals surface area contributed by atoms with Crippen molar-refractivity contribution in [1.29, 1.82) is 0 Å². The van der Waals surface area contributed by atoms with Crippen LogP contribution < -0.4 is 0 Å². The highest BCUT2D eigenvalue weighted by molar-refractivity contribution is 8.02. The minimum atomic E-state index is -0.779. The number of rotatable bonds is 7. The second kappa shape index (κ2) is 8.75. The minimum absolute atomic E-state index is 0.0498. The molecule has 1 unspecified atom stereocenters. The Bertz CT molecular complexity index is 769. The number of aliphatic hydroxyl groups is 1. The molecule has 0 bridgehead atoms. The summed E-state index contributed by atoms with van der Waals surface area (Å²) in [4.78, 5) is 43.5. The standard InChI is InChI=1S/C22H30N2O5S/c1-2-3-4-10-23-11-6-9-22-17(16-15(30-22)8-5-14-29-21(16)28)19(26)24(12-7-13-25)18(22)20(23)27/h5-6,8-9,15-18,25H,2-4,7,10-14H2,1H3/t15-,16+,17-,18?,22-/m0/s1. The summed E-state index contributed by atoms with van der Waals surface area (Å²) in [6.07, 6.45) is 11.2. The lowest BCUT2D eigenvalue weighted by molar-refractivity contribution is -0.151. The normalized spacial score (nSPS) is 35.1. The molecule has 5 atom stereocenters. The summed E-state index contributed by atoms with van der Waals surface area (Å²) in [5.74, 6) is -1.80. The molecule has 164 valence electrons. The Morgan fingerprint density at radius 2 is 2.00 bits per heavy atom. The van der Waals surface area contributed by atoms with Crippen LogP contribution in [0.25, 0.3) is 0 Å². The predicted octanol–water partition coefficient (Wildman–Crippen LogP) is 1.37. The first-order valence-electron chi connectivity index (χ1n) is 10.9. The number of aliphatic hydroxyl groups excluding tert-OH is 1. The van der Waals surface area contributed by atoms with Gasteiger partial charge >= 0.3 is 5.97 Å². The molecule has 7 nitrogen and oxygen atoms in total. The molecule has 2 saturated heterocycles. The first kappa shape index (κ1) is 21.4. The summed E-state index contributed by atoms with van der Waals surface area (Å²) in [5, 5.41) is 9.18. The molecule has 1 N–H and O–H groups in total. The predicted molar refractivity (Wildman–Crippen MR) is 114 cm³/mol. The zero-order valence-electron chi connectivity index (χ0n) is 17.4. The number of hydrogen-bond acceptors (Lipinski definition) is 6. The number of carbonyl (C=O) groups is 3. The molecule has 4 rings (SSSR count). The lowest BCUT2D eigenvalue weighted by Gasteiger charge is -2.35. The molecule has 2 fully saturated rings. The van der Waals surface area contributed by atoms with Crippen LogP contribution in [0, 0.1) is 11.8 Å². The summed E-state index contributed by atoms with van der Waals surface area (Å²) in [6, 6.07) is -0.653. The number of carbonyl (C=O) groups excluding carboxylic acids is 3. The molecule has 4 heterocycles. The van der Waals surface area contributed by atoms with Crippen molar-refractivity contribution in [3.05, 3.63) is 24.3 Å². The number of nitrogens with zero attached hydrogens (tertiary/aromatic N) is 2. The van der Waals surface area contributed by atoms with E-state index in [4.69, 9.17) is 4.74 Å². The van der Waals surface area contributed by atoms with E-state index >= 15 is 0 Å². The van der Waals surface area contributed by atoms with E-state index in [9.17, 15) is 19.5 Å². The van der Waals surface area contributed by atoms with Crippen molar-refractivity contribution in [3.63, 3.8) is 0 Å². The van der Waals surface area contributed by atoms with E-state index in [2.05, 4.69) is 6.92 Å². The van der Waals surface area contributed by atoms with Gasteiger partial charge in [0.2, 0.25) is 11.8 Å². The third kappa shape index (κ3) is 3.38. The van der Waals surface area contributed by atoms with Crippen LogP contribution in [0.3, 0.4) is 0 Å². The summed E-state index contributed by atoms with van der Waals surface area (Å²) >= 11 is 1.56. The van der Waals surface area contributed by atoms with Gasteiger partial charge in [-0.15, -0.1) is 11.8 Å². The first-order valence-corrected chi connectivity index (χ1v) is 11.8. The summed E-state index contributed by atoms with van der Waals surface area (Å²) in [5.41, 5.74) is 0. The van der Waals surface area contributed by atoms with E-state index in [1.807, 2.05) is 29.2 Å². The van der Waals surface area contributed by atoms with Gasteiger partial charge in [0, 0.05) is 31.5 Å². The number of esters is 1. The van der Waals surface area contributed by atoms with Crippen LogP contribution in [-0.2, 0) is 19.1 Å².